The number of hydrogen-bond donors (Lipinski definition) is 0. The van der Waals surface area contributed by atoms with Crippen LogP contribution in [0.4, 0.5) is 0 Å². The molecule has 2 aromatic rings. The number of nitrogens with zero attached hydrogens (tertiary/aromatic N) is 4. The molecule has 1 aromatic heterocycles. The fourth-order valence-corrected chi connectivity index (χ4v) is 3.46. The molecule has 4 rings (SSSR count). The first-order chi connectivity index (χ1) is 13.2. The van der Waals surface area contributed by atoms with Gasteiger partial charge in [0.15, 0.2) is 5.82 Å². The van der Waals surface area contributed by atoms with Crippen LogP contribution in [0.3, 0.4) is 0 Å². The van der Waals surface area contributed by atoms with Gasteiger partial charge < -0.3 is 18.9 Å². The van der Waals surface area contributed by atoms with Crippen LogP contribution < -0.4 is 4.74 Å². The van der Waals surface area contributed by atoms with Crippen LogP contribution in [0.5, 0.6) is 5.75 Å². The minimum Gasteiger partial charge on any atom is -0.497 e. The van der Waals surface area contributed by atoms with Crippen LogP contribution in [0.1, 0.15) is 41.0 Å². The average Bonchev–Trinajstić information content (AvgIpc) is 3.40. The van der Waals surface area contributed by atoms with Crippen LogP contribution in [-0.4, -0.2) is 65.7 Å². The summed E-state index contributed by atoms with van der Waals surface area (Å²) >= 11 is 0. The lowest BCUT2D eigenvalue weighted by molar-refractivity contribution is 0.0624. The fraction of sp³-hybridized carbons (Fsp3) is 0.526. The summed E-state index contributed by atoms with van der Waals surface area (Å²) in [5.41, 5.74) is 0.684. The third kappa shape index (κ3) is 4.12. The highest BCUT2D eigenvalue weighted by Crippen LogP contribution is 2.27. The van der Waals surface area contributed by atoms with Crippen molar-refractivity contribution in [1.82, 2.24) is 19.9 Å². The van der Waals surface area contributed by atoms with Gasteiger partial charge in [0.05, 0.1) is 13.7 Å². The standard InChI is InChI=1S/C19H24N4O4/c1-25-15-6-4-14(5-7-15)19(24)23-10-8-22(9-11-23)13-17-20-18(27-21-17)16-3-2-12-26-16/h4-7,16H,2-3,8-13H2,1H3/t16-/m1/s1. The number of carbonyl (C=O) groups excluding carboxylic acids is 1. The monoisotopic (exact) mass is 372 g/mol. The van der Waals surface area contributed by atoms with Crippen LogP contribution in [-0.2, 0) is 11.3 Å². The normalized spacial score (nSPS) is 20.8. The first-order valence-corrected chi connectivity index (χ1v) is 9.32. The summed E-state index contributed by atoms with van der Waals surface area (Å²) < 4.78 is 16.1. The van der Waals surface area contributed by atoms with E-state index in [-0.39, 0.29) is 12.0 Å². The summed E-state index contributed by atoms with van der Waals surface area (Å²) in [7, 11) is 1.61. The number of ether oxygens (including phenoxy) is 2. The first kappa shape index (κ1) is 17.9. The molecule has 0 spiro atoms. The van der Waals surface area contributed by atoms with Gasteiger partial charge in [0, 0.05) is 38.3 Å². The molecule has 3 heterocycles. The van der Waals surface area contributed by atoms with Gasteiger partial charge in [-0.15, -0.1) is 0 Å². The number of amides is 1. The Morgan fingerprint density at radius 2 is 2.00 bits per heavy atom. The van der Waals surface area contributed by atoms with Gasteiger partial charge in [-0.3, -0.25) is 9.69 Å². The summed E-state index contributed by atoms with van der Waals surface area (Å²) in [5.74, 6) is 2.06. The number of methoxy groups -OCH3 is 1. The number of benzene rings is 1. The lowest BCUT2D eigenvalue weighted by Gasteiger charge is -2.34. The van der Waals surface area contributed by atoms with Gasteiger partial charge in [-0.1, -0.05) is 5.16 Å². The Labute approximate surface area is 158 Å². The molecule has 1 atom stereocenters. The van der Waals surface area contributed by atoms with Gasteiger partial charge >= 0.3 is 0 Å². The van der Waals surface area contributed by atoms with E-state index < -0.39 is 0 Å². The summed E-state index contributed by atoms with van der Waals surface area (Å²) in [6, 6.07) is 7.23. The maximum Gasteiger partial charge on any atom is 0.255 e. The lowest BCUT2D eigenvalue weighted by Crippen LogP contribution is -2.48. The van der Waals surface area contributed by atoms with Gasteiger partial charge in [-0.05, 0) is 37.1 Å². The fourth-order valence-electron chi connectivity index (χ4n) is 3.46. The van der Waals surface area contributed by atoms with Crippen molar-refractivity contribution in [2.24, 2.45) is 0 Å². The Kier molecular flexibility index (Phi) is 5.35. The Morgan fingerprint density at radius 3 is 2.67 bits per heavy atom. The van der Waals surface area contributed by atoms with Crippen molar-refractivity contribution >= 4 is 5.91 Å². The third-order valence-electron chi connectivity index (χ3n) is 5.05. The van der Waals surface area contributed by atoms with Crippen LogP contribution in [0, 0.1) is 0 Å². The number of rotatable bonds is 5. The molecule has 0 radical (unpaired) electrons. The number of aromatic nitrogens is 2. The van der Waals surface area contributed by atoms with Gasteiger partial charge in [-0.25, -0.2) is 0 Å². The van der Waals surface area contributed by atoms with Crippen LogP contribution >= 0.6 is 0 Å². The van der Waals surface area contributed by atoms with Crippen LogP contribution in [0.2, 0.25) is 0 Å². The predicted molar refractivity (Wildman–Crippen MR) is 96.4 cm³/mol. The Hall–Kier alpha value is -2.45. The molecule has 0 unspecified atom stereocenters. The largest absolute Gasteiger partial charge is 0.497 e. The highest BCUT2D eigenvalue weighted by molar-refractivity contribution is 5.94. The van der Waals surface area contributed by atoms with Gasteiger partial charge in [0.1, 0.15) is 11.9 Å². The van der Waals surface area contributed by atoms with E-state index in [0.29, 0.717) is 36.9 Å². The molecule has 0 bridgehead atoms. The zero-order valence-corrected chi connectivity index (χ0v) is 15.5. The van der Waals surface area contributed by atoms with Crippen molar-refractivity contribution in [2.45, 2.75) is 25.5 Å². The number of carbonyl (C=O) groups is 1. The third-order valence-corrected chi connectivity index (χ3v) is 5.05. The van der Waals surface area contributed by atoms with Crippen molar-refractivity contribution in [1.29, 1.82) is 0 Å². The molecule has 2 aliphatic heterocycles. The maximum atomic E-state index is 12.6. The number of piperazine rings is 1. The molecule has 2 saturated heterocycles. The molecular weight excluding hydrogens is 348 g/mol. The van der Waals surface area contributed by atoms with Crippen molar-refractivity contribution in [3.8, 4) is 5.75 Å². The average molecular weight is 372 g/mol. The second kappa shape index (κ2) is 8.06. The SMILES string of the molecule is COc1ccc(C(=O)N2CCN(Cc3noc([C@H]4CCCO4)n3)CC2)cc1. The highest BCUT2D eigenvalue weighted by atomic mass is 16.5. The molecule has 0 N–H and O–H groups in total. The zero-order chi connectivity index (χ0) is 18.6. The van der Waals surface area contributed by atoms with E-state index in [1.165, 1.54) is 0 Å². The predicted octanol–water partition coefficient (Wildman–Crippen LogP) is 1.89. The van der Waals surface area contributed by atoms with E-state index in [2.05, 4.69) is 15.0 Å². The summed E-state index contributed by atoms with van der Waals surface area (Å²) in [4.78, 5) is 21.2. The molecule has 1 aromatic carbocycles. The van der Waals surface area contributed by atoms with Crippen molar-refractivity contribution < 1.29 is 18.8 Å². The summed E-state index contributed by atoms with van der Waals surface area (Å²) in [6.45, 7) is 4.31. The molecule has 2 aliphatic rings. The van der Waals surface area contributed by atoms with E-state index >= 15 is 0 Å². The minimum absolute atomic E-state index is 0.0507. The van der Waals surface area contributed by atoms with Crippen LogP contribution in [0.15, 0.2) is 28.8 Å². The topological polar surface area (TPSA) is 80.9 Å². The zero-order valence-electron chi connectivity index (χ0n) is 15.5. The van der Waals surface area contributed by atoms with Gasteiger partial charge in [0.25, 0.3) is 11.8 Å². The second-order valence-electron chi connectivity index (χ2n) is 6.85. The van der Waals surface area contributed by atoms with Crippen molar-refractivity contribution in [3.05, 3.63) is 41.5 Å². The highest BCUT2D eigenvalue weighted by Gasteiger charge is 2.26. The summed E-state index contributed by atoms with van der Waals surface area (Å²) in [6.07, 6.45) is 1.92. The molecule has 2 fully saturated rings. The second-order valence-corrected chi connectivity index (χ2v) is 6.85. The van der Waals surface area contributed by atoms with Crippen LogP contribution in [0.25, 0.3) is 0 Å². The molecule has 0 saturated carbocycles. The molecule has 1 amide bonds. The van der Waals surface area contributed by atoms with Crippen molar-refractivity contribution in [2.75, 3.05) is 39.9 Å². The Bertz CT molecular complexity index is 762. The number of hydrogen-bond acceptors (Lipinski definition) is 7. The Morgan fingerprint density at radius 1 is 1.22 bits per heavy atom. The molecule has 0 aliphatic carbocycles. The lowest BCUT2D eigenvalue weighted by atomic mass is 10.1. The van der Waals surface area contributed by atoms with E-state index in [0.717, 1.165) is 38.3 Å². The molecule has 144 valence electrons. The van der Waals surface area contributed by atoms with Gasteiger partial charge in [-0.2, -0.15) is 4.98 Å². The van der Waals surface area contributed by atoms with E-state index in [4.69, 9.17) is 14.0 Å². The van der Waals surface area contributed by atoms with Gasteiger partial charge in [0.2, 0.25) is 0 Å². The quantitative estimate of drug-likeness (QED) is 0.793. The summed E-state index contributed by atoms with van der Waals surface area (Å²) in [5, 5.41) is 4.07. The van der Waals surface area contributed by atoms with E-state index in [1.54, 1.807) is 19.2 Å². The maximum absolute atomic E-state index is 12.6. The van der Waals surface area contributed by atoms with E-state index in [1.807, 2.05) is 17.0 Å². The minimum atomic E-state index is -0.0507. The van der Waals surface area contributed by atoms with Crippen molar-refractivity contribution in [3.63, 3.8) is 0 Å². The molecule has 8 nitrogen and oxygen atoms in total. The molecule has 8 heteroatoms. The smallest absolute Gasteiger partial charge is 0.255 e. The Balaban J connectivity index is 1.29. The van der Waals surface area contributed by atoms with E-state index in [9.17, 15) is 4.79 Å². The first-order valence-electron chi connectivity index (χ1n) is 9.32. The molecule has 27 heavy (non-hydrogen) atoms. The molecular formula is C19H24N4O4.